The van der Waals surface area contributed by atoms with Gasteiger partial charge in [0.1, 0.15) is 0 Å². The maximum Gasteiger partial charge on any atom is 0.256 e. The number of alkyl halides is 2. The number of amides is 2. The molecule has 1 unspecified atom stereocenters. The molecule has 4 rings (SSSR count). The molecule has 0 radical (unpaired) electrons. The molecule has 2 aromatic carbocycles. The van der Waals surface area contributed by atoms with Crippen LogP contribution in [0.25, 0.3) is 0 Å². The maximum absolute atomic E-state index is 12.8. The third kappa shape index (κ3) is 9.64. The van der Waals surface area contributed by atoms with Gasteiger partial charge in [0, 0.05) is 52.0 Å². The topological polar surface area (TPSA) is 67.3 Å². The van der Waals surface area contributed by atoms with Crippen molar-refractivity contribution in [1.29, 1.82) is 0 Å². The van der Waals surface area contributed by atoms with Crippen LogP contribution in [0.4, 0.5) is 14.5 Å². The molecule has 1 atom stereocenters. The highest BCUT2D eigenvalue weighted by Gasteiger charge is 2.30. The Kier molecular flexibility index (Phi) is 13.5. The van der Waals surface area contributed by atoms with Gasteiger partial charge in [-0.25, -0.2) is 8.78 Å². The van der Waals surface area contributed by atoms with Gasteiger partial charge < -0.3 is 24.7 Å². The van der Waals surface area contributed by atoms with Crippen molar-refractivity contribution in [3.8, 4) is 0 Å². The molecule has 2 amide bonds. The standard InChI is InChI=1S/C31H43ClN4O3.CH2F2/c1-33(2)19-20-34(3)30(38)27-10-9-26(22-28(27)32)35-15-11-23(12-16-35)21-24-13-17-36(18-14-24)31(39)29(37)25-7-5-4-6-8-25;2-1-3/h4-10,22-24,29,37H,11-21H2,1-3H3;1H2. The van der Waals surface area contributed by atoms with Gasteiger partial charge in [0.25, 0.3) is 11.8 Å². The monoisotopic (exact) mass is 606 g/mol. The first kappa shape index (κ1) is 33.7. The fraction of sp³-hybridized carbons (Fsp3) is 0.562. The molecule has 0 aliphatic carbocycles. The lowest BCUT2D eigenvalue weighted by Crippen LogP contribution is -2.42. The average molecular weight is 607 g/mol. The molecular weight excluding hydrogens is 562 g/mol. The van der Waals surface area contributed by atoms with E-state index in [1.54, 1.807) is 17.0 Å². The van der Waals surface area contributed by atoms with Gasteiger partial charge in [0.15, 0.2) is 6.10 Å². The van der Waals surface area contributed by atoms with Crippen molar-refractivity contribution in [1.82, 2.24) is 14.7 Å². The molecule has 0 aromatic heterocycles. The van der Waals surface area contributed by atoms with Crippen molar-refractivity contribution in [3.05, 3.63) is 64.7 Å². The van der Waals surface area contributed by atoms with E-state index in [4.69, 9.17) is 11.6 Å². The van der Waals surface area contributed by atoms with Gasteiger partial charge in [0.05, 0.1) is 10.6 Å². The van der Waals surface area contributed by atoms with Gasteiger partial charge in [0.2, 0.25) is 6.93 Å². The lowest BCUT2D eigenvalue weighted by molar-refractivity contribution is -0.142. The van der Waals surface area contributed by atoms with E-state index in [0.29, 0.717) is 34.5 Å². The zero-order valence-electron chi connectivity index (χ0n) is 25.0. The Morgan fingerprint density at radius 1 is 0.929 bits per heavy atom. The average Bonchev–Trinajstić information content (AvgIpc) is 3.00. The highest BCUT2D eigenvalue weighted by molar-refractivity contribution is 6.34. The molecule has 2 aromatic rings. The van der Waals surface area contributed by atoms with E-state index in [1.165, 1.54) is 6.42 Å². The summed E-state index contributed by atoms with van der Waals surface area (Å²) < 4.78 is 19.2. The summed E-state index contributed by atoms with van der Waals surface area (Å²) in [6.45, 7) is 3.12. The summed E-state index contributed by atoms with van der Waals surface area (Å²) >= 11 is 6.57. The quantitative estimate of drug-likeness (QED) is 0.412. The summed E-state index contributed by atoms with van der Waals surface area (Å²) in [6.07, 6.45) is 4.40. The van der Waals surface area contributed by atoms with Crippen LogP contribution in [-0.2, 0) is 4.79 Å². The van der Waals surface area contributed by atoms with Crippen molar-refractivity contribution in [3.63, 3.8) is 0 Å². The van der Waals surface area contributed by atoms with Crippen LogP contribution in [0.1, 0.15) is 54.1 Å². The van der Waals surface area contributed by atoms with Crippen molar-refractivity contribution in [2.75, 3.05) is 72.2 Å². The van der Waals surface area contributed by atoms with Crippen molar-refractivity contribution >= 4 is 29.1 Å². The number of likely N-dealkylation sites (N-methyl/N-ethyl adjacent to an activating group) is 2. The molecule has 7 nitrogen and oxygen atoms in total. The first-order valence-corrected chi connectivity index (χ1v) is 15.1. The summed E-state index contributed by atoms with van der Waals surface area (Å²) in [5.74, 6) is 1.09. The number of piperidine rings is 2. The minimum absolute atomic E-state index is 0.0468. The van der Waals surface area contributed by atoms with Crippen LogP contribution < -0.4 is 4.90 Å². The molecule has 0 spiro atoms. The van der Waals surface area contributed by atoms with E-state index < -0.39 is 13.0 Å². The number of benzene rings is 2. The van der Waals surface area contributed by atoms with Gasteiger partial charge in [-0.15, -0.1) is 0 Å². The van der Waals surface area contributed by atoms with Crippen LogP contribution in [-0.4, -0.2) is 99.0 Å². The second-order valence-corrected chi connectivity index (χ2v) is 12.0. The predicted molar refractivity (Wildman–Crippen MR) is 164 cm³/mol. The van der Waals surface area contributed by atoms with Gasteiger partial charge >= 0.3 is 0 Å². The first-order valence-electron chi connectivity index (χ1n) is 14.7. The van der Waals surface area contributed by atoms with E-state index in [9.17, 15) is 23.5 Å². The number of halogens is 3. The molecule has 2 saturated heterocycles. The fourth-order valence-corrected chi connectivity index (χ4v) is 6.03. The second-order valence-electron chi connectivity index (χ2n) is 11.5. The number of aliphatic hydroxyl groups excluding tert-OH is 1. The Labute approximate surface area is 254 Å². The predicted octanol–water partition coefficient (Wildman–Crippen LogP) is 5.44. The van der Waals surface area contributed by atoms with Gasteiger partial charge in [-0.2, -0.15) is 0 Å². The van der Waals surface area contributed by atoms with Gasteiger partial charge in [-0.1, -0.05) is 41.9 Å². The maximum atomic E-state index is 12.8. The molecule has 2 fully saturated rings. The van der Waals surface area contributed by atoms with E-state index in [2.05, 4.69) is 9.80 Å². The molecule has 2 aliphatic heterocycles. The number of carbonyl (C=O) groups excluding carboxylic acids is 2. The van der Waals surface area contributed by atoms with Crippen LogP contribution in [0, 0.1) is 11.8 Å². The number of rotatable bonds is 9. The third-order valence-electron chi connectivity index (χ3n) is 8.33. The Bertz CT molecular complexity index is 1120. The molecule has 1 N–H and O–H groups in total. The Morgan fingerprint density at radius 2 is 1.50 bits per heavy atom. The van der Waals surface area contributed by atoms with Crippen molar-refractivity contribution in [2.24, 2.45) is 11.8 Å². The van der Waals surface area contributed by atoms with Crippen LogP contribution in [0.15, 0.2) is 48.5 Å². The largest absolute Gasteiger partial charge is 0.378 e. The van der Waals surface area contributed by atoms with E-state index in [-0.39, 0.29) is 11.8 Å². The third-order valence-corrected chi connectivity index (χ3v) is 8.65. The molecule has 0 saturated carbocycles. The number of likely N-dealkylation sites (tertiary alicyclic amines) is 1. The summed E-state index contributed by atoms with van der Waals surface area (Å²) in [5, 5.41) is 11.0. The molecule has 2 heterocycles. The minimum Gasteiger partial charge on any atom is -0.378 e. The molecule has 2 aliphatic rings. The summed E-state index contributed by atoms with van der Waals surface area (Å²) in [7, 11) is 5.80. The Morgan fingerprint density at radius 3 is 2.05 bits per heavy atom. The Hall–Kier alpha value is -2.75. The molecule has 0 bridgehead atoms. The van der Waals surface area contributed by atoms with Crippen molar-refractivity contribution < 1.29 is 23.5 Å². The summed E-state index contributed by atoms with van der Waals surface area (Å²) in [5.41, 5.74) is 2.29. The SMILES string of the molecule is CN(C)CCN(C)C(=O)c1ccc(N2CCC(CC3CCN(C(=O)C(O)c4ccccc4)CC3)CC2)cc1Cl.FCF. The lowest BCUT2D eigenvalue weighted by atomic mass is 9.82. The summed E-state index contributed by atoms with van der Waals surface area (Å²) in [6, 6.07) is 15.0. The number of hydrogen-bond acceptors (Lipinski definition) is 5. The van der Waals surface area contributed by atoms with Crippen LogP contribution in [0.5, 0.6) is 0 Å². The molecular formula is C32H45ClF2N4O3. The van der Waals surface area contributed by atoms with Crippen LogP contribution >= 0.6 is 11.6 Å². The molecule has 10 heteroatoms. The minimum atomic E-state index is -1.75. The number of anilines is 1. The van der Waals surface area contributed by atoms with Crippen LogP contribution in [0.3, 0.4) is 0 Å². The van der Waals surface area contributed by atoms with Crippen LogP contribution in [0.2, 0.25) is 5.02 Å². The number of nitrogens with zero attached hydrogens (tertiary/aromatic N) is 4. The smallest absolute Gasteiger partial charge is 0.256 e. The number of carbonyl (C=O) groups is 2. The highest BCUT2D eigenvalue weighted by Crippen LogP contribution is 2.33. The highest BCUT2D eigenvalue weighted by atomic mass is 35.5. The number of hydrogen-bond donors (Lipinski definition) is 1. The zero-order chi connectivity index (χ0) is 30.6. The van der Waals surface area contributed by atoms with E-state index in [1.807, 2.05) is 62.4 Å². The van der Waals surface area contributed by atoms with Gasteiger partial charge in [-0.3, -0.25) is 9.59 Å². The zero-order valence-corrected chi connectivity index (χ0v) is 25.8. The fourth-order valence-electron chi connectivity index (χ4n) is 5.77. The normalized spacial score (nSPS) is 17.0. The summed E-state index contributed by atoms with van der Waals surface area (Å²) in [4.78, 5) is 33.6. The number of aliphatic hydroxyl groups is 1. The van der Waals surface area contributed by atoms with E-state index in [0.717, 1.165) is 64.1 Å². The molecule has 232 valence electrons. The Balaban J connectivity index is 0.00000155. The van der Waals surface area contributed by atoms with Crippen molar-refractivity contribution in [2.45, 2.75) is 38.2 Å². The van der Waals surface area contributed by atoms with Gasteiger partial charge in [-0.05, 0) is 81.8 Å². The first-order chi connectivity index (χ1) is 20.1. The van der Waals surface area contributed by atoms with E-state index >= 15 is 0 Å². The lowest BCUT2D eigenvalue weighted by Gasteiger charge is -2.38. The second kappa shape index (κ2) is 16.8. The molecule has 42 heavy (non-hydrogen) atoms.